The van der Waals surface area contributed by atoms with E-state index in [1.165, 1.54) is 0 Å². The number of carbonyl (C=O) groups excluding carboxylic acids is 1. The van der Waals surface area contributed by atoms with Gasteiger partial charge in [-0.2, -0.15) is 11.8 Å². The first kappa shape index (κ1) is 15.7. The van der Waals surface area contributed by atoms with Crippen molar-refractivity contribution < 1.29 is 19.4 Å². The highest BCUT2D eigenvalue weighted by Gasteiger charge is 2.32. The molecule has 1 aliphatic heterocycles. The molecule has 6 heteroatoms. The van der Waals surface area contributed by atoms with Crippen molar-refractivity contribution in [1.82, 2.24) is 4.90 Å². The van der Waals surface area contributed by atoms with E-state index in [2.05, 4.69) is 0 Å². The number of amides is 1. The minimum atomic E-state index is -0.878. The predicted molar refractivity (Wildman–Crippen MR) is 81.6 cm³/mol. The molecule has 21 heavy (non-hydrogen) atoms. The molecule has 1 heterocycles. The largest absolute Gasteiger partial charge is 0.481 e. The third-order valence-corrected chi connectivity index (χ3v) is 4.42. The number of thioether (sulfide) groups is 1. The Kier molecular flexibility index (Phi) is 5.50. The smallest absolute Gasteiger partial charge is 0.305 e. The van der Waals surface area contributed by atoms with E-state index < -0.39 is 12.1 Å². The molecule has 0 bridgehead atoms. The lowest BCUT2D eigenvalue weighted by atomic mass is 10.1. The zero-order valence-corrected chi connectivity index (χ0v) is 12.7. The number of aliphatic carboxylic acids is 1. The monoisotopic (exact) mass is 309 g/mol. The van der Waals surface area contributed by atoms with Gasteiger partial charge < -0.3 is 14.7 Å². The Labute approximate surface area is 128 Å². The molecule has 0 radical (unpaired) electrons. The average Bonchev–Trinajstić information content (AvgIpc) is 2.47. The quantitative estimate of drug-likeness (QED) is 0.899. The van der Waals surface area contributed by atoms with E-state index in [-0.39, 0.29) is 18.4 Å². The lowest BCUT2D eigenvalue weighted by molar-refractivity contribution is -0.143. The fraction of sp³-hybridized carbons (Fsp3) is 0.467. The predicted octanol–water partition coefficient (Wildman–Crippen LogP) is 1.87. The summed E-state index contributed by atoms with van der Waals surface area (Å²) in [5, 5.41) is 8.96. The van der Waals surface area contributed by atoms with E-state index in [9.17, 15) is 9.59 Å². The van der Waals surface area contributed by atoms with Gasteiger partial charge in [0.05, 0.1) is 12.5 Å². The molecular weight excluding hydrogens is 290 g/mol. The molecule has 0 spiro atoms. The average molecular weight is 309 g/mol. The standard InChI is InChI=1S/C15H19NO4S/c1-11(20-13-5-3-2-4-6-13)15(19)16-7-8-21-10-12(16)9-14(17)18/h2-6,11-12H,7-10H2,1H3,(H,17,18). The van der Waals surface area contributed by atoms with Gasteiger partial charge in [-0.05, 0) is 19.1 Å². The van der Waals surface area contributed by atoms with Crippen molar-refractivity contribution in [1.29, 1.82) is 0 Å². The number of carboxylic acid groups (broad SMARTS) is 1. The summed E-state index contributed by atoms with van der Waals surface area (Å²) in [5.41, 5.74) is 0. The Morgan fingerprint density at radius 2 is 2.14 bits per heavy atom. The first-order valence-corrected chi connectivity index (χ1v) is 8.05. The van der Waals surface area contributed by atoms with Crippen molar-refractivity contribution in [3.8, 4) is 5.75 Å². The number of hydrogen-bond acceptors (Lipinski definition) is 4. The SMILES string of the molecule is CC(Oc1ccccc1)C(=O)N1CCSCC1CC(=O)O. The Balaban J connectivity index is 2.00. The van der Waals surface area contributed by atoms with Crippen molar-refractivity contribution >= 4 is 23.6 Å². The van der Waals surface area contributed by atoms with Crippen LogP contribution in [0.25, 0.3) is 0 Å². The van der Waals surface area contributed by atoms with Crippen molar-refractivity contribution in [2.24, 2.45) is 0 Å². The minimum Gasteiger partial charge on any atom is -0.481 e. The fourth-order valence-electron chi connectivity index (χ4n) is 2.30. The van der Waals surface area contributed by atoms with Gasteiger partial charge in [0.25, 0.3) is 5.91 Å². The summed E-state index contributed by atoms with van der Waals surface area (Å²) in [4.78, 5) is 25.1. The highest BCUT2D eigenvalue weighted by molar-refractivity contribution is 7.99. The van der Waals surface area contributed by atoms with Crippen LogP contribution in [0.1, 0.15) is 13.3 Å². The zero-order chi connectivity index (χ0) is 15.2. The number of para-hydroxylation sites is 1. The molecule has 1 aliphatic rings. The molecule has 2 atom stereocenters. The molecule has 1 aromatic rings. The summed E-state index contributed by atoms with van der Waals surface area (Å²) in [5.74, 6) is 1.11. The molecule has 0 aromatic heterocycles. The van der Waals surface area contributed by atoms with Crippen LogP contribution < -0.4 is 4.74 Å². The van der Waals surface area contributed by atoms with Crippen LogP contribution in [-0.2, 0) is 9.59 Å². The van der Waals surface area contributed by atoms with Gasteiger partial charge in [0.2, 0.25) is 0 Å². The molecular formula is C15H19NO4S. The second kappa shape index (κ2) is 7.36. The minimum absolute atomic E-state index is 0.0171. The lowest BCUT2D eigenvalue weighted by Crippen LogP contribution is -2.51. The Morgan fingerprint density at radius 3 is 2.81 bits per heavy atom. The number of nitrogens with zero attached hydrogens (tertiary/aromatic N) is 1. The Morgan fingerprint density at radius 1 is 1.43 bits per heavy atom. The van der Waals surface area contributed by atoms with Gasteiger partial charge in [0.15, 0.2) is 6.10 Å². The molecule has 1 N–H and O–H groups in total. The molecule has 0 saturated carbocycles. The van der Waals surface area contributed by atoms with Gasteiger partial charge in [0.1, 0.15) is 5.75 Å². The topological polar surface area (TPSA) is 66.8 Å². The number of rotatable bonds is 5. The van der Waals surface area contributed by atoms with E-state index in [1.807, 2.05) is 18.2 Å². The molecule has 5 nitrogen and oxygen atoms in total. The number of carbonyl (C=O) groups is 2. The van der Waals surface area contributed by atoms with Crippen LogP contribution in [0.5, 0.6) is 5.75 Å². The lowest BCUT2D eigenvalue weighted by Gasteiger charge is -2.36. The second-order valence-corrected chi connectivity index (χ2v) is 6.08. The van der Waals surface area contributed by atoms with Crippen LogP contribution in [0, 0.1) is 0 Å². The molecule has 1 saturated heterocycles. The summed E-state index contributed by atoms with van der Waals surface area (Å²) in [6, 6.07) is 8.91. The van der Waals surface area contributed by atoms with Gasteiger partial charge >= 0.3 is 5.97 Å². The molecule has 0 aliphatic carbocycles. The number of hydrogen-bond donors (Lipinski definition) is 1. The highest BCUT2D eigenvalue weighted by atomic mass is 32.2. The van der Waals surface area contributed by atoms with Crippen molar-refractivity contribution in [2.45, 2.75) is 25.5 Å². The molecule has 114 valence electrons. The van der Waals surface area contributed by atoms with E-state index in [1.54, 1.807) is 35.7 Å². The van der Waals surface area contributed by atoms with E-state index in [0.717, 1.165) is 5.75 Å². The Bertz CT molecular complexity index is 494. The third-order valence-electron chi connectivity index (χ3n) is 3.32. The third kappa shape index (κ3) is 4.39. The Hall–Kier alpha value is -1.69. The van der Waals surface area contributed by atoms with E-state index in [0.29, 0.717) is 18.0 Å². The van der Waals surface area contributed by atoms with Crippen LogP contribution in [0.15, 0.2) is 30.3 Å². The maximum absolute atomic E-state index is 12.5. The van der Waals surface area contributed by atoms with E-state index in [4.69, 9.17) is 9.84 Å². The number of carboxylic acids is 1. The normalized spacial score (nSPS) is 19.9. The first-order valence-electron chi connectivity index (χ1n) is 6.89. The molecule has 2 rings (SSSR count). The summed E-state index contributed by atoms with van der Waals surface area (Å²) in [6.45, 7) is 2.28. The van der Waals surface area contributed by atoms with Crippen LogP contribution in [0.2, 0.25) is 0 Å². The maximum Gasteiger partial charge on any atom is 0.305 e. The van der Waals surface area contributed by atoms with Gasteiger partial charge in [-0.15, -0.1) is 0 Å². The van der Waals surface area contributed by atoms with Crippen LogP contribution in [-0.4, -0.2) is 52.1 Å². The second-order valence-electron chi connectivity index (χ2n) is 4.93. The van der Waals surface area contributed by atoms with E-state index >= 15 is 0 Å². The van der Waals surface area contributed by atoms with Crippen LogP contribution >= 0.6 is 11.8 Å². The van der Waals surface area contributed by atoms with Gasteiger partial charge in [0, 0.05) is 18.1 Å². The molecule has 2 unspecified atom stereocenters. The number of ether oxygens (including phenoxy) is 1. The van der Waals surface area contributed by atoms with Crippen LogP contribution in [0.3, 0.4) is 0 Å². The maximum atomic E-state index is 12.5. The molecule has 1 amide bonds. The van der Waals surface area contributed by atoms with Gasteiger partial charge in [-0.3, -0.25) is 9.59 Å². The molecule has 1 aromatic carbocycles. The van der Waals surface area contributed by atoms with Crippen molar-refractivity contribution in [3.05, 3.63) is 30.3 Å². The first-order chi connectivity index (χ1) is 10.1. The van der Waals surface area contributed by atoms with Crippen molar-refractivity contribution in [3.63, 3.8) is 0 Å². The summed E-state index contributed by atoms with van der Waals surface area (Å²) in [6.07, 6.45) is -0.636. The fourth-order valence-corrected chi connectivity index (χ4v) is 3.37. The summed E-state index contributed by atoms with van der Waals surface area (Å²) < 4.78 is 5.64. The number of benzene rings is 1. The van der Waals surface area contributed by atoms with Gasteiger partial charge in [-0.25, -0.2) is 0 Å². The van der Waals surface area contributed by atoms with Crippen molar-refractivity contribution in [2.75, 3.05) is 18.1 Å². The summed E-state index contributed by atoms with van der Waals surface area (Å²) >= 11 is 1.68. The summed E-state index contributed by atoms with van der Waals surface area (Å²) in [7, 11) is 0. The zero-order valence-electron chi connectivity index (χ0n) is 11.9. The highest BCUT2D eigenvalue weighted by Crippen LogP contribution is 2.21. The van der Waals surface area contributed by atoms with Gasteiger partial charge in [-0.1, -0.05) is 18.2 Å². The molecule has 1 fully saturated rings. The van der Waals surface area contributed by atoms with Crippen LogP contribution in [0.4, 0.5) is 0 Å².